The maximum Gasteiger partial charge on any atom is 0.234 e. The summed E-state index contributed by atoms with van der Waals surface area (Å²) in [6, 6.07) is 15.9. The largest absolute Gasteiger partial charge is 0.486 e. The number of ether oxygens (including phenoxy) is 1. The molecule has 0 aliphatic carbocycles. The molecular weight excluding hydrogens is 408 g/mol. The van der Waals surface area contributed by atoms with Gasteiger partial charge >= 0.3 is 0 Å². The Morgan fingerprint density at radius 3 is 2.35 bits per heavy atom. The molecule has 31 heavy (non-hydrogen) atoms. The summed E-state index contributed by atoms with van der Waals surface area (Å²) in [5.74, 6) is 1.73. The van der Waals surface area contributed by atoms with Crippen molar-refractivity contribution < 1.29 is 9.53 Å². The van der Waals surface area contributed by atoms with E-state index in [1.54, 1.807) is 0 Å². The maximum atomic E-state index is 12.3. The van der Waals surface area contributed by atoms with Crippen molar-refractivity contribution in [3.63, 3.8) is 0 Å². The second kappa shape index (κ2) is 10.0. The van der Waals surface area contributed by atoms with E-state index >= 15 is 0 Å². The lowest BCUT2D eigenvalue weighted by molar-refractivity contribution is -0.113. The molecule has 1 N–H and O–H groups in total. The average Bonchev–Trinajstić information content (AvgIpc) is 3.14. The third-order valence-corrected chi connectivity index (χ3v) is 5.83. The molecule has 0 radical (unpaired) electrons. The number of aromatic nitrogens is 3. The van der Waals surface area contributed by atoms with Crippen LogP contribution in [0.15, 0.2) is 53.7 Å². The molecule has 1 amide bonds. The molecule has 0 spiro atoms. The van der Waals surface area contributed by atoms with Gasteiger partial charge in [-0.1, -0.05) is 62.4 Å². The van der Waals surface area contributed by atoms with Gasteiger partial charge in [-0.25, -0.2) is 0 Å². The van der Waals surface area contributed by atoms with Crippen LogP contribution in [0, 0.1) is 6.92 Å². The Balaban J connectivity index is 1.56. The van der Waals surface area contributed by atoms with E-state index in [0.717, 1.165) is 22.8 Å². The molecule has 2 aromatic carbocycles. The van der Waals surface area contributed by atoms with Gasteiger partial charge in [-0.15, -0.1) is 10.2 Å². The fourth-order valence-corrected chi connectivity index (χ4v) is 3.83. The van der Waals surface area contributed by atoms with E-state index in [2.05, 4.69) is 48.4 Å². The number of amides is 1. The average molecular weight is 439 g/mol. The number of nitrogens with zero attached hydrogens (tertiary/aromatic N) is 3. The van der Waals surface area contributed by atoms with E-state index in [0.29, 0.717) is 18.3 Å². The number of hydrogen-bond acceptors (Lipinski definition) is 5. The molecule has 1 aromatic heterocycles. The number of hydrogen-bond donors (Lipinski definition) is 1. The molecule has 0 unspecified atom stereocenters. The van der Waals surface area contributed by atoms with E-state index in [1.165, 1.54) is 17.3 Å². The van der Waals surface area contributed by atoms with Crippen molar-refractivity contribution in [1.29, 1.82) is 0 Å². The highest BCUT2D eigenvalue weighted by atomic mass is 32.2. The number of nitrogens with one attached hydrogen (secondary N) is 1. The summed E-state index contributed by atoms with van der Waals surface area (Å²) >= 11 is 1.37. The quantitative estimate of drug-likeness (QED) is 0.489. The molecule has 7 heteroatoms. The molecule has 0 atom stereocenters. The zero-order valence-corrected chi connectivity index (χ0v) is 19.6. The van der Waals surface area contributed by atoms with Crippen molar-refractivity contribution in [1.82, 2.24) is 14.8 Å². The van der Waals surface area contributed by atoms with Crippen LogP contribution in [-0.4, -0.2) is 26.4 Å². The van der Waals surface area contributed by atoms with Crippen molar-refractivity contribution in [2.24, 2.45) is 0 Å². The Morgan fingerprint density at radius 1 is 1.06 bits per heavy atom. The third-order valence-electron chi connectivity index (χ3n) is 4.87. The van der Waals surface area contributed by atoms with Gasteiger partial charge in [-0.3, -0.25) is 4.79 Å². The molecule has 0 saturated heterocycles. The van der Waals surface area contributed by atoms with Crippen LogP contribution in [0.3, 0.4) is 0 Å². The Morgan fingerprint density at radius 2 is 1.74 bits per heavy atom. The molecular formula is C24H30N4O2S. The van der Waals surface area contributed by atoms with Gasteiger partial charge in [-0.05, 0) is 49.1 Å². The Kier molecular flexibility index (Phi) is 7.38. The first-order valence-corrected chi connectivity index (χ1v) is 11.4. The lowest BCUT2D eigenvalue weighted by Crippen LogP contribution is -2.15. The highest BCUT2D eigenvalue weighted by Crippen LogP contribution is 2.25. The van der Waals surface area contributed by atoms with Gasteiger partial charge in [0, 0.05) is 12.2 Å². The minimum atomic E-state index is -0.0729. The van der Waals surface area contributed by atoms with Gasteiger partial charge in [0.15, 0.2) is 11.0 Å². The summed E-state index contributed by atoms with van der Waals surface area (Å²) < 4.78 is 7.90. The number of rotatable bonds is 8. The lowest BCUT2D eigenvalue weighted by Gasteiger charge is -2.19. The number of thioether (sulfide) groups is 1. The van der Waals surface area contributed by atoms with Crippen LogP contribution in [0.4, 0.5) is 5.69 Å². The van der Waals surface area contributed by atoms with Gasteiger partial charge in [0.2, 0.25) is 5.91 Å². The molecule has 0 aliphatic heterocycles. The van der Waals surface area contributed by atoms with Crippen LogP contribution in [-0.2, 0) is 23.4 Å². The van der Waals surface area contributed by atoms with Gasteiger partial charge in [0.05, 0.1) is 5.75 Å². The molecule has 3 aromatic rings. The van der Waals surface area contributed by atoms with E-state index in [4.69, 9.17) is 4.74 Å². The minimum Gasteiger partial charge on any atom is -0.486 e. The highest BCUT2D eigenvalue weighted by Gasteiger charge is 2.15. The SMILES string of the molecule is CCn1c(COc2ccc(C(C)(C)C)cc2)nnc1SCC(=O)Nc1ccc(C)cc1. The first kappa shape index (κ1) is 22.9. The van der Waals surface area contributed by atoms with Crippen LogP contribution < -0.4 is 10.1 Å². The van der Waals surface area contributed by atoms with Gasteiger partial charge < -0.3 is 14.6 Å². The third kappa shape index (κ3) is 6.34. The number of benzene rings is 2. The summed E-state index contributed by atoms with van der Waals surface area (Å²) in [6.07, 6.45) is 0. The van der Waals surface area contributed by atoms with Gasteiger partial charge in [0.1, 0.15) is 12.4 Å². The van der Waals surface area contributed by atoms with Crippen LogP contribution in [0.2, 0.25) is 0 Å². The van der Waals surface area contributed by atoms with Crippen molar-refractivity contribution in [2.75, 3.05) is 11.1 Å². The van der Waals surface area contributed by atoms with E-state index in [9.17, 15) is 4.79 Å². The van der Waals surface area contributed by atoms with E-state index in [-0.39, 0.29) is 17.1 Å². The molecule has 0 aliphatic rings. The van der Waals surface area contributed by atoms with E-state index < -0.39 is 0 Å². The number of anilines is 1. The lowest BCUT2D eigenvalue weighted by atomic mass is 9.87. The van der Waals surface area contributed by atoms with Crippen LogP contribution in [0.25, 0.3) is 0 Å². The smallest absolute Gasteiger partial charge is 0.234 e. The standard InChI is InChI=1S/C24H30N4O2S/c1-6-28-21(15-30-20-13-9-18(10-14-20)24(3,4)5)26-27-23(28)31-16-22(29)25-19-11-7-17(2)8-12-19/h7-14H,6,15-16H2,1-5H3,(H,25,29). The summed E-state index contributed by atoms with van der Waals surface area (Å²) in [5.41, 5.74) is 3.32. The van der Waals surface area contributed by atoms with Crippen LogP contribution in [0.1, 0.15) is 44.6 Å². The van der Waals surface area contributed by atoms with Crippen molar-refractivity contribution in [2.45, 2.75) is 58.3 Å². The second-order valence-corrected chi connectivity index (χ2v) is 9.35. The topological polar surface area (TPSA) is 69.0 Å². The van der Waals surface area contributed by atoms with Crippen molar-refractivity contribution in [3.8, 4) is 5.75 Å². The molecule has 164 valence electrons. The van der Waals surface area contributed by atoms with Crippen LogP contribution in [0.5, 0.6) is 5.75 Å². The second-order valence-electron chi connectivity index (χ2n) is 8.41. The normalized spacial score (nSPS) is 11.4. The fraction of sp³-hybridized carbons (Fsp3) is 0.375. The summed E-state index contributed by atoms with van der Waals surface area (Å²) in [5, 5.41) is 12.1. The number of carbonyl (C=O) groups is 1. The first-order valence-electron chi connectivity index (χ1n) is 10.4. The Bertz CT molecular complexity index is 1010. The molecule has 0 bridgehead atoms. The minimum absolute atomic E-state index is 0.0729. The zero-order chi connectivity index (χ0) is 22.4. The molecule has 0 fully saturated rings. The van der Waals surface area contributed by atoms with E-state index in [1.807, 2.05) is 54.8 Å². The predicted octanol–water partition coefficient (Wildman–Crippen LogP) is 5.21. The molecule has 1 heterocycles. The first-order chi connectivity index (χ1) is 14.8. The summed E-state index contributed by atoms with van der Waals surface area (Å²) in [4.78, 5) is 12.3. The molecule has 3 rings (SSSR count). The Hall–Kier alpha value is -2.80. The Labute approximate surface area is 188 Å². The zero-order valence-electron chi connectivity index (χ0n) is 18.8. The summed E-state index contributed by atoms with van der Waals surface area (Å²) in [7, 11) is 0. The summed E-state index contributed by atoms with van der Waals surface area (Å²) in [6.45, 7) is 11.6. The highest BCUT2D eigenvalue weighted by molar-refractivity contribution is 7.99. The maximum absolute atomic E-state index is 12.3. The van der Waals surface area contributed by atoms with Crippen LogP contribution >= 0.6 is 11.8 Å². The van der Waals surface area contributed by atoms with Crippen molar-refractivity contribution >= 4 is 23.4 Å². The van der Waals surface area contributed by atoms with Gasteiger partial charge in [-0.2, -0.15) is 0 Å². The number of carbonyl (C=O) groups excluding carboxylic acids is 1. The van der Waals surface area contributed by atoms with Gasteiger partial charge in [0.25, 0.3) is 0 Å². The predicted molar refractivity (Wildman–Crippen MR) is 126 cm³/mol. The number of aryl methyl sites for hydroxylation is 1. The monoisotopic (exact) mass is 438 g/mol. The fourth-order valence-electron chi connectivity index (χ4n) is 3.01. The van der Waals surface area contributed by atoms with Crippen molar-refractivity contribution in [3.05, 3.63) is 65.5 Å². The molecule has 6 nitrogen and oxygen atoms in total. The molecule has 0 saturated carbocycles.